The van der Waals surface area contributed by atoms with Gasteiger partial charge in [-0.25, -0.2) is 0 Å². The van der Waals surface area contributed by atoms with E-state index in [-0.39, 0.29) is 10.8 Å². The number of rotatable bonds is 3. The maximum Gasteiger partial charge on any atom is 0.0326 e. The van der Waals surface area contributed by atoms with Crippen LogP contribution >= 0.6 is 0 Å². The Morgan fingerprint density at radius 1 is 0.893 bits per heavy atom. The van der Waals surface area contributed by atoms with Crippen LogP contribution in [0.15, 0.2) is 18.2 Å². The second-order valence-electron chi connectivity index (χ2n) is 11.4. The number of benzene rings is 2. The molecular formula is C27H34Si. The standard InChI is InChI=1S/C27H34Si/c1-9-10-18-21-23-19-14(2)25(28-18)24(21)20(22(19)23)15-11-16(26(3,4)5)13-17(12-15)27(6,7)8/h11-13,18,23,28H,9-10H2,1-8H3. The highest BCUT2D eigenvalue weighted by Gasteiger charge is 2.50. The maximum atomic E-state index is 2.52. The van der Waals surface area contributed by atoms with E-state index >= 15 is 0 Å². The van der Waals surface area contributed by atoms with Crippen LogP contribution in [0.3, 0.4) is 0 Å². The first-order valence-corrected chi connectivity index (χ1v) is 12.4. The molecule has 6 rings (SSSR count). The van der Waals surface area contributed by atoms with Crippen LogP contribution in [0.2, 0.25) is 5.54 Å². The van der Waals surface area contributed by atoms with Crippen LogP contribution in [0.4, 0.5) is 0 Å². The third kappa shape index (κ3) is 2.38. The Morgan fingerprint density at radius 3 is 2.04 bits per heavy atom. The van der Waals surface area contributed by atoms with Crippen molar-refractivity contribution in [2.45, 2.75) is 90.5 Å². The quantitative estimate of drug-likeness (QED) is 0.554. The molecule has 0 aromatic heterocycles. The second-order valence-corrected chi connectivity index (χ2v) is 13.1. The fourth-order valence-corrected chi connectivity index (χ4v) is 7.99. The molecule has 0 amide bonds. The van der Waals surface area contributed by atoms with Crippen LogP contribution in [0.1, 0.15) is 95.0 Å². The predicted octanol–water partition coefficient (Wildman–Crippen LogP) is 6.16. The minimum Gasteiger partial charge on any atom is -0.0654 e. The van der Waals surface area contributed by atoms with Crippen LogP contribution in [0.5, 0.6) is 0 Å². The van der Waals surface area contributed by atoms with E-state index in [1.54, 1.807) is 32.3 Å². The molecule has 2 unspecified atom stereocenters. The van der Waals surface area contributed by atoms with Gasteiger partial charge in [-0.05, 0) is 84.3 Å². The Bertz CT molecular complexity index is 1120. The summed E-state index contributed by atoms with van der Waals surface area (Å²) in [4.78, 5) is 1.77. The van der Waals surface area contributed by atoms with Crippen molar-refractivity contribution in [3.05, 3.63) is 56.0 Å². The summed E-state index contributed by atoms with van der Waals surface area (Å²) in [5.41, 5.74) is 14.3. The monoisotopic (exact) mass is 386 g/mol. The molecule has 1 heterocycles. The van der Waals surface area contributed by atoms with Gasteiger partial charge in [-0.3, -0.25) is 0 Å². The van der Waals surface area contributed by atoms with Crippen LogP contribution < -0.4 is 5.22 Å². The summed E-state index contributed by atoms with van der Waals surface area (Å²) in [6.45, 7) is 18.9. The van der Waals surface area contributed by atoms with Gasteiger partial charge >= 0.3 is 0 Å². The lowest BCUT2D eigenvalue weighted by Crippen LogP contribution is -2.17. The van der Waals surface area contributed by atoms with Gasteiger partial charge in [0.05, 0.1) is 0 Å². The van der Waals surface area contributed by atoms with Crippen LogP contribution in [0.25, 0.3) is 16.7 Å². The van der Waals surface area contributed by atoms with Gasteiger partial charge in [0.2, 0.25) is 0 Å². The van der Waals surface area contributed by atoms with E-state index in [1.165, 1.54) is 29.5 Å². The molecule has 0 radical (unpaired) electrons. The molecule has 0 spiro atoms. The average Bonchev–Trinajstić information content (AvgIpc) is 3.11. The van der Waals surface area contributed by atoms with Gasteiger partial charge in [0.25, 0.3) is 0 Å². The molecule has 6 bridgehead atoms. The van der Waals surface area contributed by atoms with E-state index in [1.807, 2.05) is 5.57 Å². The first-order valence-electron chi connectivity index (χ1n) is 11.1. The summed E-state index contributed by atoms with van der Waals surface area (Å²) in [6.07, 6.45) is 2.71. The van der Waals surface area contributed by atoms with Crippen molar-refractivity contribution < 1.29 is 0 Å². The largest absolute Gasteiger partial charge is 0.0654 e. The Hall–Kier alpha value is -1.47. The molecule has 0 N–H and O–H groups in total. The molecule has 3 aliphatic carbocycles. The van der Waals surface area contributed by atoms with E-state index < -0.39 is 0 Å². The topological polar surface area (TPSA) is 0 Å². The molecule has 28 heavy (non-hydrogen) atoms. The molecule has 0 nitrogen and oxygen atoms in total. The van der Waals surface area contributed by atoms with Gasteiger partial charge in [-0.2, -0.15) is 0 Å². The lowest BCUT2D eigenvalue weighted by Gasteiger charge is -2.26. The molecule has 0 fully saturated rings. The molecule has 2 atom stereocenters. The second kappa shape index (κ2) is 5.57. The summed E-state index contributed by atoms with van der Waals surface area (Å²) < 4.78 is 0. The first kappa shape index (κ1) is 18.5. The van der Waals surface area contributed by atoms with Gasteiger partial charge in [0, 0.05) is 15.0 Å². The molecule has 0 saturated heterocycles. The Labute approximate surface area is 172 Å². The van der Waals surface area contributed by atoms with Gasteiger partial charge in [0.15, 0.2) is 0 Å². The van der Waals surface area contributed by atoms with Crippen molar-refractivity contribution in [2.75, 3.05) is 0 Å². The highest BCUT2D eigenvalue weighted by molar-refractivity contribution is 6.37. The molecule has 1 aliphatic heterocycles. The fourth-order valence-electron chi connectivity index (χ4n) is 5.66. The lowest BCUT2D eigenvalue weighted by atomic mass is 9.78. The van der Waals surface area contributed by atoms with Crippen molar-refractivity contribution in [3.63, 3.8) is 0 Å². The summed E-state index contributed by atoms with van der Waals surface area (Å²) >= 11 is 0. The summed E-state index contributed by atoms with van der Waals surface area (Å²) in [7, 11) is 0.433. The van der Waals surface area contributed by atoms with E-state index in [0.29, 0.717) is 9.13 Å². The molecule has 0 saturated carbocycles. The van der Waals surface area contributed by atoms with Gasteiger partial charge in [-0.1, -0.05) is 73.1 Å². The first-order chi connectivity index (χ1) is 13.0. The summed E-state index contributed by atoms with van der Waals surface area (Å²) in [5, 5.41) is 1.71. The Balaban J connectivity index is 1.79. The Kier molecular flexibility index (Phi) is 3.69. The Morgan fingerprint density at radius 2 is 1.50 bits per heavy atom. The third-order valence-electron chi connectivity index (χ3n) is 7.30. The van der Waals surface area contributed by atoms with Crippen LogP contribution in [0, 0.1) is 11.7 Å². The predicted molar refractivity (Wildman–Crippen MR) is 124 cm³/mol. The molecule has 1 heteroatoms. The van der Waals surface area contributed by atoms with E-state index in [4.69, 9.17) is 0 Å². The SMILES string of the molecule is CCCC1[SiH]=c2c(C)c3c4c(-c5cc(C(C)(C)C)cc(C(C)(C)C)c5)c2=C1C34. The molecule has 4 aliphatic rings. The van der Waals surface area contributed by atoms with Crippen LogP contribution in [-0.4, -0.2) is 9.13 Å². The van der Waals surface area contributed by atoms with Gasteiger partial charge in [-0.15, -0.1) is 0 Å². The molecule has 2 aromatic carbocycles. The van der Waals surface area contributed by atoms with Gasteiger partial charge in [0.1, 0.15) is 0 Å². The summed E-state index contributed by atoms with van der Waals surface area (Å²) in [6, 6.07) is 7.49. The van der Waals surface area contributed by atoms with Crippen LogP contribution in [-0.2, 0) is 10.8 Å². The number of hydrogen-bond acceptors (Lipinski definition) is 0. The summed E-state index contributed by atoms with van der Waals surface area (Å²) in [5.74, 6) is 0.719. The van der Waals surface area contributed by atoms with E-state index in [0.717, 1.165) is 11.5 Å². The average molecular weight is 387 g/mol. The third-order valence-corrected chi connectivity index (χ3v) is 9.45. The van der Waals surface area contributed by atoms with Crippen molar-refractivity contribution in [1.82, 2.24) is 0 Å². The normalized spacial score (nSPS) is 21.4. The zero-order valence-electron chi connectivity index (χ0n) is 18.9. The van der Waals surface area contributed by atoms with Crippen molar-refractivity contribution >= 4 is 14.7 Å². The highest BCUT2D eigenvalue weighted by Crippen LogP contribution is 2.63. The zero-order valence-corrected chi connectivity index (χ0v) is 20.0. The minimum absolute atomic E-state index is 0.178. The van der Waals surface area contributed by atoms with Crippen molar-refractivity contribution in [1.29, 1.82) is 0 Å². The molecule has 2 aromatic rings. The minimum atomic E-state index is 0.178. The smallest absolute Gasteiger partial charge is 0.0326 e. The highest BCUT2D eigenvalue weighted by atomic mass is 28.2. The maximum absolute atomic E-state index is 2.52. The van der Waals surface area contributed by atoms with Gasteiger partial charge < -0.3 is 0 Å². The molecule has 146 valence electrons. The van der Waals surface area contributed by atoms with Crippen molar-refractivity contribution in [3.8, 4) is 11.1 Å². The van der Waals surface area contributed by atoms with E-state index in [9.17, 15) is 0 Å². The van der Waals surface area contributed by atoms with E-state index in [2.05, 4.69) is 73.6 Å². The van der Waals surface area contributed by atoms with Crippen molar-refractivity contribution in [2.24, 2.45) is 0 Å². The number of hydrogen-bond donors (Lipinski definition) is 0. The zero-order chi connectivity index (χ0) is 20.2. The molecular weight excluding hydrogens is 352 g/mol. The fraction of sp³-hybridized carbons (Fsp3) is 0.519. The lowest BCUT2D eigenvalue weighted by molar-refractivity contribution is 0.569.